The Morgan fingerprint density at radius 3 is 2.36 bits per heavy atom. The predicted molar refractivity (Wildman–Crippen MR) is 45.3 cm³/mol. The van der Waals surface area contributed by atoms with E-state index in [1.54, 1.807) is 12.8 Å². The van der Waals surface area contributed by atoms with Gasteiger partial charge in [0.15, 0.2) is 0 Å². The second-order valence-corrected chi connectivity index (χ2v) is 4.86. The van der Waals surface area contributed by atoms with Gasteiger partial charge >= 0.3 is 0 Å². The third-order valence-electron chi connectivity index (χ3n) is 4.66. The predicted octanol–water partition coefficient (Wildman–Crippen LogP) is 1.74. The minimum atomic E-state index is 0.887. The molecule has 1 heterocycles. The van der Waals surface area contributed by atoms with Crippen LogP contribution in [-0.2, 0) is 0 Å². The lowest BCUT2D eigenvalue weighted by atomic mass is 9.59. The Morgan fingerprint density at radius 1 is 1.09 bits per heavy atom. The van der Waals surface area contributed by atoms with E-state index in [1.165, 1.54) is 6.42 Å². The zero-order valence-corrected chi connectivity index (χ0v) is 7.46. The van der Waals surface area contributed by atoms with E-state index >= 15 is 0 Å². The van der Waals surface area contributed by atoms with Crippen molar-refractivity contribution in [2.75, 3.05) is 7.05 Å². The van der Waals surface area contributed by atoms with Crippen molar-refractivity contribution in [1.82, 2.24) is 4.90 Å². The summed E-state index contributed by atoms with van der Waals surface area (Å²) < 4.78 is 0. The van der Waals surface area contributed by atoms with Crippen LogP contribution in [0.25, 0.3) is 0 Å². The number of likely N-dealkylation sites (tertiary alicyclic amines) is 1. The maximum absolute atomic E-state index is 2.64. The number of nitrogens with zero attached hydrogens (tertiary/aromatic N) is 1. The first kappa shape index (κ1) is 6.47. The van der Waals surface area contributed by atoms with Crippen LogP contribution in [0.5, 0.6) is 0 Å². The normalized spacial score (nSPS) is 61.1. The summed E-state index contributed by atoms with van der Waals surface area (Å²) in [6.07, 6.45) is 4.64. The van der Waals surface area contributed by atoms with Gasteiger partial charge in [-0.25, -0.2) is 0 Å². The molecule has 0 spiro atoms. The maximum atomic E-state index is 2.64. The molecule has 0 aromatic carbocycles. The highest BCUT2D eigenvalue weighted by molar-refractivity contribution is 5.07. The molecule has 1 saturated heterocycles. The fourth-order valence-electron chi connectivity index (χ4n) is 3.73. The molecule has 4 aliphatic rings. The van der Waals surface area contributed by atoms with E-state index in [0.717, 1.165) is 29.8 Å². The van der Waals surface area contributed by atoms with Crippen LogP contribution < -0.4 is 0 Å². The third kappa shape index (κ3) is 0.618. The summed E-state index contributed by atoms with van der Waals surface area (Å²) in [5, 5.41) is 0. The zero-order chi connectivity index (χ0) is 7.59. The molecule has 0 radical (unpaired) electrons. The van der Waals surface area contributed by atoms with E-state index in [2.05, 4.69) is 18.9 Å². The Morgan fingerprint density at radius 2 is 1.82 bits per heavy atom. The summed E-state index contributed by atoms with van der Waals surface area (Å²) in [5.41, 5.74) is 0. The smallest absolute Gasteiger partial charge is 0.0127 e. The molecule has 4 fully saturated rings. The fraction of sp³-hybridized carbons (Fsp3) is 1.00. The van der Waals surface area contributed by atoms with E-state index < -0.39 is 0 Å². The van der Waals surface area contributed by atoms with Crippen molar-refractivity contribution in [3.05, 3.63) is 0 Å². The first-order chi connectivity index (χ1) is 5.27. The lowest BCUT2D eigenvalue weighted by molar-refractivity contribution is 0.0526. The Bertz CT molecular complexity index is 165. The van der Waals surface area contributed by atoms with Crippen molar-refractivity contribution in [3.63, 3.8) is 0 Å². The van der Waals surface area contributed by atoms with Gasteiger partial charge in [0.05, 0.1) is 0 Å². The molecule has 4 bridgehead atoms. The lowest BCUT2D eigenvalue weighted by Gasteiger charge is -2.46. The van der Waals surface area contributed by atoms with Gasteiger partial charge < -0.3 is 4.90 Å². The van der Waals surface area contributed by atoms with Gasteiger partial charge in [-0.2, -0.15) is 0 Å². The summed E-state index contributed by atoms with van der Waals surface area (Å²) in [7, 11) is 2.33. The van der Waals surface area contributed by atoms with Crippen molar-refractivity contribution in [3.8, 4) is 0 Å². The monoisotopic (exact) mass is 151 g/mol. The van der Waals surface area contributed by atoms with Crippen LogP contribution in [0.1, 0.15) is 26.2 Å². The fourth-order valence-corrected chi connectivity index (χ4v) is 3.73. The van der Waals surface area contributed by atoms with Crippen LogP contribution in [-0.4, -0.2) is 24.0 Å². The number of hydrogen-bond acceptors (Lipinski definition) is 1. The molecule has 4 rings (SSSR count). The Kier molecular flexibility index (Phi) is 1.07. The van der Waals surface area contributed by atoms with Gasteiger partial charge in [0.2, 0.25) is 0 Å². The second-order valence-electron chi connectivity index (χ2n) is 4.86. The molecule has 1 aliphatic heterocycles. The topological polar surface area (TPSA) is 3.24 Å². The van der Waals surface area contributed by atoms with Crippen molar-refractivity contribution in [2.45, 2.75) is 38.3 Å². The standard InChI is InChI=1S/C10H17N/c1-6-9-5-10(11(6)2)8-3-7(9)4-8/h6-10H,3-5H2,1-2H3. The van der Waals surface area contributed by atoms with E-state index in [1.807, 2.05) is 0 Å². The average molecular weight is 151 g/mol. The first-order valence-electron chi connectivity index (χ1n) is 4.99. The lowest BCUT2D eigenvalue weighted by Crippen LogP contribution is -2.43. The molecule has 0 aromatic rings. The van der Waals surface area contributed by atoms with Gasteiger partial charge in [-0.1, -0.05) is 0 Å². The molecule has 0 N–H and O–H groups in total. The van der Waals surface area contributed by atoms with E-state index in [-0.39, 0.29) is 0 Å². The number of rotatable bonds is 0. The Hall–Kier alpha value is -0.0400. The van der Waals surface area contributed by atoms with Crippen LogP contribution in [0, 0.1) is 17.8 Å². The zero-order valence-electron chi connectivity index (χ0n) is 7.46. The minimum absolute atomic E-state index is 0.887. The van der Waals surface area contributed by atoms with Crippen LogP contribution >= 0.6 is 0 Å². The molecule has 62 valence electrons. The Labute approximate surface area is 68.8 Å². The van der Waals surface area contributed by atoms with Crippen molar-refractivity contribution < 1.29 is 0 Å². The molecular formula is C10H17N. The second kappa shape index (κ2) is 1.82. The molecular weight excluding hydrogens is 134 g/mol. The summed E-state index contributed by atoms with van der Waals surface area (Å²) in [4.78, 5) is 2.64. The largest absolute Gasteiger partial charge is 0.300 e. The molecule has 11 heavy (non-hydrogen) atoms. The van der Waals surface area contributed by atoms with Gasteiger partial charge in [-0.15, -0.1) is 0 Å². The molecule has 0 amide bonds. The molecule has 0 aromatic heterocycles. The maximum Gasteiger partial charge on any atom is 0.0127 e. The minimum Gasteiger partial charge on any atom is -0.300 e. The summed E-state index contributed by atoms with van der Waals surface area (Å²) in [6, 6.07) is 1.86. The van der Waals surface area contributed by atoms with Crippen molar-refractivity contribution >= 4 is 0 Å². The van der Waals surface area contributed by atoms with E-state index in [9.17, 15) is 0 Å². The highest BCUT2D eigenvalue weighted by Crippen LogP contribution is 2.56. The Balaban J connectivity index is 1.96. The van der Waals surface area contributed by atoms with Crippen LogP contribution in [0.3, 0.4) is 0 Å². The molecule has 1 heteroatoms. The van der Waals surface area contributed by atoms with Crippen LogP contribution in [0.15, 0.2) is 0 Å². The average Bonchev–Trinajstić information content (AvgIpc) is 2.13. The van der Waals surface area contributed by atoms with E-state index in [4.69, 9.17) is 0 Å². The van der Waals surface area contributed by atoms with Gasteiger partial charge in [-0.05, 0) is 51.0 Å². The van der Waals surface area contributed by atoms with E-state index in [0.29, 0.717) is 0 Å². The SMILES string of the molecule is CC1C2CC(C3CC2C3)N1C. The highest BCUT2D eigenvalue weighted by atomic mass is 15.2. The quantitative estimate of drug-likeness (QED) is 0.509. The van der Waals surface area contributed by atoms with Gasteiger partial charge in [0, 0.05) is 12.1 Å². The molecule has 3 saturated carbocycles. The van der Waals surface area contributed by atoms with Gasteiger partial charge in [-0.3, -0.25) is 0 Å². The van der Waals surface area contributed by atoms with Gasteiger partial charge in [0.25, 0.3) is 0 Å². The van der Waals surface area contributed by atoms with Crippen LogP contribution in [0.2, 0.25) is 0 Å². The summed E-state index contributed by atoms with van der Waals surface area (Å²) >= 11 is 0. The summed E-state index contributed by atoms with van der Waals surface area (Å²) in [5.74, 6) is 3.28. The first-order valence-corrected chi connectivity index (χ1v) is 4.99. The number of hydrogen-bond donors (Lipinski definition) is 0. The molecule has 3 unspecified atom stereocenters. The van der Waals surface area contributed by atoms with Crippen molar-refractivity contribution in [1.29, 1.82) is 0 Å². The molecule has 3 atom stereocenters. The van der Waals surface area contributed by atoms with Gasteiger partial charge in [0.1, 0.15) is 0 Å². The summed E-state index contributed by atoms with van der Waals surface area (Å²) in [6.45, 7) is 2.42. The third-order valence-corrected chi connectivity index (χ3v) is 4.66. The van der Waals surface area contributed by atoms with Crippen LogP contribution in [0.4, 0.5) is 0 Å². The molecule has 1 nitrogen and oxygen atoms in total. The van der Waals surface area contributed by atoms with Crippen molar-refractivity contribution in [2.24, 2.45) is 17.8 Å². The molecule has 3 aliphatic carbocycles. The highest BCUT2D eigenvalue weighted by Gasteiger charge is 2.54.